The summed E-state index contributed by atoms with van der Waals surface area (Å²) < 4.78 is 0. The monoisotopic (exact) mass is 468 g/mol. The Morgan fingerprint density at radius 1 is 0.714 bits per heavy atom. The maximum absolute atomic E-state index is 4.86. The number of hydrogen-bond acceptors (Lipinski definition) is 2. The topological polar surface area (TPSA) is 24.7 Å². The molecule has 0 spiro atoms. The Kier molecular flexibility index (Phi) is 12.6. The molecule has 2 nitrogen and oxygen atoms in total. The van der Waals surface area contributed by atoms with Crippen molar-refractivity contribution in [1.82, 2.24) is 0 Å². The number of aryl methyl sites for hydroxylation is 2. The van der Waals surface area contributed by atoms with Crippen molar-refractivity contribution < 1.29 is 20.4 Å². The van der Waals surface area contributed by atoms with Crippen molar-refractivity contribution in [2.75, 3.05) is 0 Å². The van der Waals surface area contributed by atoms with E-state index in [1.165, 1.54) is 36.8 Å². The van der Waals surface area contributed by atoms with Gasteiger partial charge >= 0.3 is 0 Å². The van der Waals surface area contributed by atoms with E-state index in [0.29, 0.717) is 0 Å². The predicted molar refractivity (Wildman–Crippen MR) is 120 cm³/mol. The smallest absolute Gasteiger partial charge is 0.0633 e. The zero-order valence-electron chi connectivity index (χ0n) is 17.6. The van der Waals surface area contributed by atoms with Crippen LogP contribution < -0.4 is 0 Å². The number of unbranched alkanes of at least 4 members (excludes halogenated alkanes) is 2. The first kappa shape index (κ1) is 24.5. The normalized spacial score (nSPS) is 11.6. The average molecular weight is 469 g/mol. The van der Waals surface area contributed by atoms with Gasteiger partial charge in [0, 0.05) is 26.6 Å². The van der Waals surface area contributed by atoms with Gasteiger partial charge in [-0.3, -0.25) is 9.98 Å². The number of rotatable bonds is 11. The Morgan fingerprint density at radius 2 is 1.25 bits per heavy atom. The summed E-state index contributed by atoms with van der Waals surface area (Å²) in [5, 5.41) is 0. The Hall–Kier alpha value is -1.56. The van der Waals surface area contributed by atoms with Gasteiger partial charge in [-0.25, -0.2) is 0 Å². The molecular weight excluding hydrogens is 435 g/mol. The van der Waals surface area contributed by atoms with Crippen LogP contribution in [0.25, 0.3) is 0 Å². The first-order chi connectivity index (χ1) is 13.2. The fourth-order valence-corrected chi connectivity index (χ4v) is 3.08. The van der Waals surface area contributed by atoms with Gasteiger partial charge in [-0.1, -0.05) is 70.7 Å². The minimum Gasteiger partial charge on any atom is -0.255 e. The molecule has 0 saturated carbocycles. The average Bonchev–Trinajstić information content (AvgIpc) is 2.69. The van der Waals surface area contributed by atoms with Crippen LogP contribution in [-0.4, -0.2) is 11.9 Å². The fraction of sp³-hybridized carbons (Fsp3) is 0.440. The molecule has 0 radical (unpaired) electrons. The molecule has 0 fully saturated rings. The van der Waals surface area contributed by atoms with Crippen molar-refractivity contribution >= 4 is 23.3 Å². The van der Waals surface area contributed by atoms with Gasteiger partial charge in [0.25, 0.3) is 0 Å². The van der Waals surface area contributed by atoms with Crippen LogP contribution >= 0.6 is 0 Å². The summed E-state index contributed by atoms with van der Waals surface area (Å²) in [5.41, 5.74) is 5.83. The summed E-state index contributed by atoms with van der Waals surface area (Å²) in [7, 11) is 0. The third-order valence-electron chi connectivity index (χ3n) is 4.62. The molecule has 2 rings (SSSR count). The van der Waals surface area contributed by atoms with Crippen molar-refractivity contribution in [3.05, 3.63) is 59.7 Å². The molecule has 0 aliphatic carbocycles. The molecule has 0 bridgehead atoms. The predicted octanol–water partition coefficient (Wildman–Crippen LogP) is 7.64. The molecule has 0 saturated heterocycles. The molecule has 28 heavy (non-hydrogen) atoms. The third kappa shape index (κ3) is 9.09. The van der Waals surface area contributed by atoms with Crippen LogP contribution in [0.3, 0.4) is 0 Å². The molecule has 0 atom stereocenters. The molecule has 2 aromatic rings. The Balaban J connectivity index is 0.00000392. The van der Waals surface area contributed by atoms with Crippen LogP contribution in [0.1, 0.15) is 70.4 Å². The van der Waals surface area contributed by atoms with Crippen LogP contribution in [0.2, 0.25) is 0 Å². The van der Waals surface area contributed by atoms with E-state index in [-0.39, 0.29) is 20.4 Å². The first-order valence-corrected chi connectivity index (χ1v) is 10.5. The van der Waals surface area contributed by atoms with E-state index >= 15 is 0 Å². The maximum atomic E-state index is 4.86. The molecule has 2 aromatic carbocycles. The van der Waals surface area contributed by atoms with Gasteiger partial charge < -0.3 is 0 Å². The van der Waals surface area contributed by atoms with Crippen LogP contribution in [0.5, 0.6) is 0 Å². The summed E-state index contributed by atoms with van der Waals surface area (Å²) in [6.07, 6.45) is 11.1. The number of hydrogen-bond donors (Lipinski definition) is 0. The Bertz CT molecular complexity index is 715. The van der Waals surface area contributed by atoms with Gasteiger partial charge in [0.1, 0.15) is 0 Å². The maximum Gasteiger partial charge on any atom is 0.0633 e. The SMILES string of the molecule is CCCCCC(C=Nc1ccc(CCC)cc1)=Nc1ccc(CCC)cc1.[Pd]. The Labute approximate surface area is 185 Å². The summed E-state index contributed by atoms with van der Waals surface area (Å²) in [4.78, 5) is 9.53. The van der Waals surface area contributed by atoms with Gasteiger partial charge in [-0.2, -0.15) is 0 Å². The molecule has 0 N–H and O–H groups in total. The second kappa shape index (κ2) is 14.4. The molecule has 154 valence electrons. The van der Waals surface area contributed by atoms with Gasteiger partial charge in [0.2, 0.25) is 0 Å². The van der Waals surface area contributed by atoms with Crippen molar-refractivity contribution in [3.63, 3.8) is 0 Å². The first-order valence-electron chi connectivity index (χ1n) is 10.5. The second-order valence-electron chi connectivity index (χ2n) is 7.15. The van der Waals surface area contributed by atoms with Gasteiger partial charge in [0.05, 0.1) is 17.1 Å². The summed E-state index contributed by atoms with van der Waals surface area (Å²) in [6, 6.07) is 17.2. The number of benzene rings is 2. The number of nitrogens with zero attached hydrogens (tertiary/aromatic N) is 2. The quantitative estimate of drug-likeness (QED) is 0.184. The molecule has 0 heterocycles. The number of aliphatic imine (C=N–C) groups is 2. The van der Waals surface area contributed by atoms with Crippen LogP contribution in [0.4, 0.5) is 11.4 Å². The molecule has 0 amide bonds. The minimum absolute atomic E-state index is 0. The molecule has 0 aliphatic heterocycles. The van der Waals surface area contributed by atoms with E-state index in [0.717, 1.165) is 42.8 Å². The van der Waals surface area contributed by atoms with Crippen molar-refractivity contribution in [2.24, 2.45) is 9.98 Å². The van der Waals surface area contributed by atoms with Gasteiger partial charge in [-0.05, 0) is 61.1 Å². The summed E-state index contributed by atoms with van der Waals surface area (Å²) in [6.45, 7) is 6.65. The molecule has 3 heteroatoms. The van der Waals surface area contributed by atoms with Gasteiger partial charge in [0.15, 0.2) is 0 Å². The minimum atomic E-state index is 0. The third-order valence-corrected chi connectivity index (χ3v) is 4.62. The van der Waals surface area contributed by atoms with E-state index in [1.54, 1.807) is 0 Å². The van der Waals surface area contributed by atoms with Crippen molar-refractivity contribution in [3.8, 4) is 0 Å². The Morgan fingerprint density at radius 3 is 1.75 bits per heavy atom. The zero-order chi connectivity index (χ0) is 19.3. The molecule has 0 aromatic heterocycles. The summed E-state index contributed by atoms with van der Waals surface area (Å²) in [5.74, 6) is 0. The standard InChI is InChI=1S/C25H34N2.Pd/c1-4-7-8-11-25(27-24-18-14-22(10-6-3)15-19-24)20-26-23-16-12-21(9-5-2)13-17-23;/h12-20H,4-11H2,1-3H3;. The van der Waals surface area contributed by atoms with E-state index < -0.39 is 0 Å². The van der Waals surface area contributed by atoms with Gasteiger partial charge in [-0.15, -0.1) is 0 Å². The van der Waals surface area contributed by atoms with Crippen molar-refractivity contribution in [2.45, 2.75) is 72.1 Å². The van der Waals surface area contributed by atoms with Crippen LogP contribution in [0, 0.1) is 0 Å². The van der Waals surface area contributed by atoms with Crippen molar-refractivity contribution in [1.29, 1.82) is 0 Å². The summed E-state index contributed by atoms with van der Waals surface area (Å²) >= 11 is 0. The molecule has 0 unspecified atom stereocenters. The molecule has 0 aliphatic rings. The van der Waals surface area contributed by atoms with E-state index in [4.69, 9.17) is 4.99 Å². The zero-order valence-corrected chi connectivity index (χ0v) is 19.1. The van der Waals surface area contributed by atoms with Crippen LogP contribution in [0.15, 0.2) is 58.5 Å². The largest absolute Gasteiger partial charge is 0.255 e. The second-order valence-corrected chi connectivity index (χ2v) is 7.15. The van der Waals surface area contributed by atoms with E-state index in [9.17, 15) is 0 Å². The van der Waals surface area contributed by atoms with E-state index in [1.807, 2.05) is 6.21 Å². The van der Waals surface area contributed by atoms with E-state index in [2.05, 4.69) is 74.3 Å². The van der Waals surface area contributed by atoms with Crippen LogP contribution in [-0.2, 0) is 33.3 Å². The molecular formula is C25H34N2Pd. The fourth-order valence-electron chi connectivity index (χ4n) is 3.08.